The van der Waals surface area contributed by atoms with E-state index in [-0.39, 0.29) is 29.7 Å². The van der Waals surface area contributed by atoms with Gasteiger partial charge in [-0.2, -0.15) is 0 Å². The van der Waals surface area contributed by atoms with Crippen molar-refractivity contribution in [2.45, 2.75) is 45.4 Å². The first-order valence-corrected chi connectivity index (χ1v) is 10.1. The van der Waals surface area contributed by atoms with Gasteiger partial charge in [-0.3, -0.25) is 9.59 Å². The Morgan fingerprint density at radius 3 is 2.15 bits per heavy atom. The minimum atomic E-state index is -3.72. The van der Waals surface area contributed by atoms with Crippen molar-refractivity contribution in [1.29, 1.82) is 0 Å². The summed E-state index contributed by atoms with van der Waals surface area (Å²) < 4.78 is 27.5. The average Bonchev–Trinajstić information content (AvgIpc) is 2.53. The van der Waals surface area contributed by atoms with Crippen LogP contribution in [0.1, 0.15) is 39.7 Å². The number of rotatable bonds is 8. The molecule has 1 rings (SSSR count). The van der Waals surface area contributed by atoms with Crippen molar-refractivity contribution in [3.63, 3.8) is 0 Å². The van der Waals surface area contributed by atoms with Crippen LogP contribution in [0.25, 0.3) is 0 Å². The zero-order valence-electron chi connectivity index (χ0n) is 15.8. The van der Waals surface area contributed by atoms with E-state index in [1.165, 1.54) is 12.1 Å². The predicted molar refractivity (Wildman–Crippen MR) is 98.8 cm³/mol. The number of ether oxygens (including phenoxy) is 1. The highest BCUT2D eigenvalue weighted by Gasteiger charge is 2.27. The fraction of sp³-hybridized carbons (Fsp3) is 0.556. The molecule has 0 aliphatic carbocycles. The zero-order chi connectivity index (χ0) is 20.0. The normalized spacial score (nSPS) is 11.9. The van der Waals surface area contributed by atoms with E-state index in [9.17, 15) is 18.0 Å². The van der Waals surface area contributed by atoms with Crippen molar-refractivity contribution >= 4 is 21.9 Å². The third kappa shape index (κ3) is 7.13. The fourth-order valence-electron chi connectivity index (χ4n) is 2.36. The van der Waals surface area contributed by atoms with Crippen LogP contribution in [-0.4, -0.2) is 44.9 Å². The van der Waals surface area contributed by atoms with Crippen LogP contribution in [-0.2, 0) is 30.8 Å². The van der Waals surface area contributed by atoms with Gasteiger partial charge < -0.3 is 9.64 Å². The van der Waals surface area contributed by atoms with E-state index in [2.05, 4.69) is 0 Å². The van der Waals surface area contributed by atoms with Crippen LogP contribution in [0, 0.1) is 5.41 Å². The molecule has 0 bridgehead atoms. The van der Waals surface area contributed by atoms with Crippen molar-refractivity contribution in [3.05, 3.63) is 29.8 Å². The molecule has 0 atom stereocenters. The van der Waals surface area contributed by atoms with E-state index < -0.39 is 15.4 Å². The van der Waals surface area contributed by atoms with Crippen molar-refractivity contribution in [1.82, 2.24) is 4.90 Å². The van der Waals surface area contributed by atoms with Crippen LogP contribution >= 0.6 is 0 Å². The summed E-state index contributed by atoms with van der Waals surface area (Å²) in [7, 11) is -3.72. The van der Waals surface area contributed by atoms with Gasteiger partial charge in [0.2, 0.25) is 15.9 Å². The maximum absolute atomic E-state index is 12.6. The number of esters is 1. The molecule has 0 heterocycles. The quantitative estimate of drug-likeness (QED) is 0.687. The molecule has 0 aliphatic heterocycles. The molecule has 0 aliphatic rings. The molecule has 1 aromatic rings. The summed E-state index contributed by atoms with van der Waals surface area (Å²) in [6.07, 6.45) is 0.676. The number of carbonyl (C=O) groups excluding carboxylic acids is 2. The lowest BCUT2D eigenvalue weighted by atomic mass is 9.94. The lowest BCUT2D eigenvalue weighted by molar-refractivity contribution is -0.145. The van der Waals surface area contributed by atoms with E-state index in [0.717, 1.165) is 5.56 Å². The first kappa shape index (κ1) is 22.1. The second kappa shape index (κ2) is 9.14. The van der Waals surface area contributed by atoms with Gasteiger partial charge >= 0.3 is 5.97 Å². The molecule has 0 fully saturated rings. The van der Waals surface area contributed by atoms with E-state index in [0.29, 0.717) is 19.6 Å². The van der Waals surface area contributed by atoms with Gasteiger partial charge in [0.05, 0.1) is 17.9 Å². The summed E-state index contributed by atoms with van der Waals surface area (Å²) in [4.78, 5) is 25.9. The van der Waals surface area contributed by atoms with Gasteiger partial charge in [-0.25, -0.2) is 13.6 Å². The number of hydrogen-bond donors (Lipinski definition) is 1. The van der Waals surface area contributed by atoms with Crippen molar-refractivity contribution in [2.24, 2.45) is 10.6 Å². The van der Waals surface area contributed by atoms with Crippen LogP contribution in [0.3, 0.4) is 0 Å². The summed E-state index contributed by atoms with van der Waals surface area (Å²) in [6.45, 7) is 8.23. The highest BCUT2D eigenvalue weighted by atomic mass is 32.2. The smallest absolute Gasteiger partial charge is 0.307 e. The molecule has 0 radical (unpaired) electrons. The average molecular weight is 384 g/mol. The lowest BCUT2D eigenvalue weighted by Crippen LogP contribution is -2.41. The SMILES string of the molecule is CCOC(=O)CCN(CCc1ccc(S(N)(=O)=O)cc1)C(=O)C(C)(C)C. The van der Waals surface area contributed by atoms with Gasteiger partial charge in [0.1, 0.15) is 0 Å². The number of nitrogens with two attached hydrogens (primary N) is 1. The molecule has 1 aromatic carbocycles. The van der Waals surface area contributed by atoms with Crippen LogP contribution < -0.4 is 5.14 Å². The van der Waals surface area contributed by atoms with Crippen molar-refractivity contribution in [2.75, 3.05) is 19.7 Å². The Morgan fingerprint density at radius 1 is 1.12 bits per heavy atom. The number of amides is 1. The number of hydrogen-bond acceptors (Lipinski definition) is 5. The summed E-state index contributed by atoms with van der Waals surface area (Å²) in [5, 5.41) is 5.08. The van der Waals surface area contributed by atoms with Crippen LogP contribution in [0.5, 0.6) is 0 Å². The molecule has 7 nitrogen and oxygen atoms in total. The maximum atomic E-state index is 12.6. The second-order valence-corrected chi connectivity index (χ2v) is 8.60. The fourth-order valence-corrected chi connectivity index (χ4v) is 2.87. The Bertz CT molecular complexity index is 721. The Labute approximate surface area is 155 Å². The van der Waals surface area contributed by atoms with E-state index in [1.807, 2.05) is 20.8 Å². The first-order chi connectivity index (χ1) is 11.9. The zero-order valence-corrected chi connectivity index (χ0v) is 16.6. The number of primary sulfonamides is 1. The minimum absolute atomic E-state index is 0.0474. The van der Waals surface area contributed by atoms with E-state index in [1.54, 1.807) is 24.0 Å². The molecule has 146 valence electrons. The van der Waals surface area contributed by atoms with E-state index >= 15 is 0 Å². The largest absolute Gasteiger partial charge is 0.466 e. The van der Waals surface area contributed by atoms with Gasteiger partial charge in [0.15, 0.2) is 0 Å². The van der Waals surface area contributed by atoms with Gasteiger partial charge in [-0.05, 0) is 31.0 Å². The molecule has 0 saturated carbocycles. The monoisotopic (exact) mass is 384 g/mol. The van der Waals surface area contributed by atoms with Crippen LogP contribution in [0.2, 0.25) is 0 Å². The molecule has 26 heavy (non-hydrogen) atoms. The Balaban J connectivity index is 2.79. The van der Waals surface area contributed by atoms with Gasteiger partial charge in [0, 0.05) is 18.5 Å². The molecule has 1 amide bonds. The summed E-state index contributed by atoms with van der Waals surface area (Å²) in [6, 6.07) is 6.23. The highest BCUT2D eigenvalue weighted by molar-refractivity contribution is 7.89. The second-order valence-electron chi connectivity index (χ2n) is 7.04. The van der Waals surface area contributed by atoms with Gasteiger partial charge in [-0.1, -0.05) is 32.9 Å². The Morgan fingerprint density at radius 2 is 1.69 bits per heavy atom. The predicted octanol–water partition coefficient (Wildman–Crippen LogP) is 1.70. The number of benzene rings is 1. The summed E-state index contributed by atoms with van der Waals surface area (Å²) in [5.74, 6) is -0.389. The summed E-state index contributed by atoms with van der Waals surface area (Å²) >= 11 is 0. The van der Waals surface area contributed by atoms with Crippen molar-refractivity contribution < 1.29 is 22.7 Å². The van der Waals surface area contributed by atoms with Gasteiger partial charge in [-0.15, -0.1) is 0 Å². The van der Waals surface area contributed by atoms with Crippen molar-refractivity contribution in [3.8, 4) is 0 Å². The maximum Gasteiger partial charge on any atom is 0.307 e. The topological polar surface area (TPSA) is 107 Å². The van der Waals surface area contributed by atoms with Crippen LogP contribution in [0.4, 0.5) is 0 Å². The molecule has 8 heteroatoms. The highest BCUT2D eigenvalue weighted by Crippen LogP contribution is 2.18. The minimum Gasteiger partial charge on any atom is -0.466 e. The number of sulfonamides is 1. The molecule has 0 saturated heterocycles. The third-order valence-corrected chi connectivity index (χ3v) is 4.67. The Kier molecular flexibility index (Phi) is 7.77. The van der Waals surface area contributed by atoms with Crippen LogP contribution in [0.15, 0.2) is 29.2 Å². The molecule has 2 N–H and O–H groups in total. The first-order valence-electron chi connectivity index (χ1n) is 8.52. The molecule has 0 spiro atoms. The number of nitrogens with zero attached hydrogens (tertiary/aromatic N) is 1. The molecule has 0 unspecified atom stereocenters. The number of carbonyl (C=O) groups is 2. The third-order valence-electron chi connectivity index (χ3n) is 3.74. The lowest BCUT2D eigenvalue weighted by Gasteiger charge is -2.29. The molecular weight excluding hydrogens is 356 g/mol. The molecule has 0 aromatic heterocycles. The van der Waals surface area contributed by atoms with Gasteiger partial charge in [0.25, 0.3) is 0 Å². The summed E-state index contributed by atoms with van der Waals surface area (Å²) in [5.41, 5.74) is 0.312. The Hall–Kier alpha value is -1.93. The molecular formula is C18H28N2O5S. The van der Waals surface area contributed by atoms with E-state index in [4.69, 9.17) is 9.88 Å². The standard InChI is InChI=1S/C18H28N2O5S/c1-5-25-16(21)11-13-20(17(22)18(2,3)4)12-10-14-6-8-15(9-7-14)26(19,23)24/h6-9H,5,10-13H2,1-4H3,(H2,19,23,24).